The van der Waals surface area contributed by atoms with Crippen LogP contribution in [0.2, 0.25) is 0 Å². The van der Waals surface area contributed by atoms with E-state index < -0.39 is 0 Å². The number of hydrogen-bond acceptors (Lipinski definition) is 4. The van der Waals surface area contributed by atoms with Gasteiger partial charge in [-0.25, -0.2) is 0 Å². The average molecular weight is 175 g/mol. The van der Waals surface area contributed by atoms with Crippen molar-refractivity contribution in [2.75, 3.05) is 7.11 Å². The second kappa shape index (κ2) is 3.26. The fourth-order valence-corrected chi connectivity index (χ4v) is 1.02. The second-order valence-electron chi connectivity index (χ2n) is 2.43. The summed E-state index contributed by atoms with van der Waals surface area (Å²) in [6.45, 7) is 0. The van der Waals surface area contributed by atoms with Crippen molar-refractivity contribution in [1.82, 2.24) is 10.1 Å². The van der Waals surface area contributed by atoms with Crippen LogP contribution in [0.15, 0.2) is 28.8 Å². The zero-order chi connectivity index (χ0) is 9.10. The Labute approximate surface area is 75.2 Å². The summed E-state index contributed by atoms with van der Waals surface area (Å²) >= 11 is 0. The summed E-state index contributed by atoms with van der Waals surface area (Å²) in [5.74, 6) is 1.20. The van der Waals surface area contributed by atoms with E-state index in [-0.39, 0.29) is 0 Å². The summed E-state index contributed by atoms with van der Waals surface area (Å²) in [5.41, 5.74) is 0.827. The highest BCUT2D eigenvalue weighted by molar-refractivity contribution is 5.55. The first kappa shape index (κ1) is 7.79. The Morgan fingerprint density at radius 3 is 3.08 bits per heavy atom. The lowest BCUT2D eigenvalue weighted by atomic mass is 10.2. The van der Waals surface area contributed by atoms with Crippen molar-refractivity contribution < 1.29 is 9.26 Å². The Hall–Kier alpha value is -1.84. The van der Waals surface area contributed by atoms with Gasteiger partial charge in [-0.15, -0.1) is 0 Å². The summed E-state index contributed by atoms with van der Waals surface area (Å²) in [6, 6.07) is 7.40. The Kier molecular flexibility index (Phi) is 1.96. The number of benzene rings is 1. The molecule has 0 saturated heterocycles. The van der Waals surface area contributed by atoms with E-state index in [1.807, 2.05) is 24.3 Å². The van der Waals surface area contributed by atoms with E-state index in [2.05, 4.69) is 16.5 Å². The summed E-state index contributed by atoms with van der Waals surface area (Å²) < 4.78 is 9.90. The number of methoxy groups -OCH3 is 1. The van der Waals surface area contributed by atoms with E-state index >= 15 is 0 Å². The molecule has 0 atom stereocenters. The molecule has 0 N–H and O–H groups in total. The fourth-order valence-electron chi connectivity index (χ4n) is 1.02. The monoisotopic (exact) mass is 175 g/mol. The third-order valence-corrected chi connectivity index (χ3v) is 1.64. The Bertz CT molecular complexity index is 384. The van der Waals surface area contributed by atoms with Crippen LogP contribution in [0.1, 0.15) is 0 Å². The lowest BCUT2D eigenvalue weighted by molar-refractivity contribution is 0.413. The van der Waals surface area contributed by atoms with Gasteiger partial charge >= 0.3 is 0 Å². The molecule has 0 spiro atoms. The van der Waals surface area contributed by atoms with Crippen LogP contribution >= 0.6 is 0 Å². The molecule has 0 aliphatic rings. The minimum absolute atomic E-state index is 0.443. The van der Waals surface area contributed by atoms with Crippen molar-refractivity contribution in [2.24, 2.45) is 0 Å². The first-order valence-electron chi connectivity index (χ1n) is 3.74. The number of rotatable bonds is 2. The third kappa shape index (κ3) is 1.51. The molecule has 4 nitrogen and oxygen atoms in total. The first-order valence-corrected chi connectivity index (χ1v) is 3.74. The van der Waals surface area contributed by atoms with Gasteiger partial charge in [0.1, 0.15) is 5.75 Å². The number of aromatic nitrogens is 2. The standard InChI is InChI=1S/C9H7N2O2/c1-12-8-4-2-3-7(5-8)9-10-6-11-13-9/h2-5H,1H3. The van der Waals surface area contributed by atoms with E-state index in [0.717, 1.165) is 11.3 Å². The molecule has 1 radical (unpaired) electrons. The van der Waals surface area contributed by atoms with Crippen LogP contribution in [-0.4, -0.2) is 17.3 Å². The topological polar surface area (TPSA) is 48.2 Å². The highest BCUT2D eigenvalue weighted by Crippen LogP contribution is 2.20. The van der Waals surface area contributed by atoms with Crippen molar-refractivity contribution >= 4 is 0 Å². The largest absolute Gasteiger partial charge is 0.497 e. The van der Waals surface area contributed by atoms with Crippen LogP contribution in [0.25, 0.3) is 11.5 Å². The van der Waals surface area contributed by atoms with Crippen molar-refractivity contribution in [3.05, 3.63) is 30.6 Å². The Morgan fingerprint density at radius 2 is 2.38 bits per heavy atom. The molecule has 0 saturated carbocycles. The molecule has 0 fully saturated rings. The highest BCUT2D eigenvalue weighted by atomic mass is 16.5. The van der Waals surface area contributed by atoms with Gasteiger partial charge in [-0.1, -0.05) is 11.2 Å². The minimum Gasteiger partial charge on any atom is -0.497 e. The van der Waals surface area contributed by atoms with E-state index in [0.29, 0.717) is 5.89 Å². The first-order chi connectivity index (χ1) is 6.40. The van der Waals surface area contributed by atoms with Gasteiger partial charge < -0.3 is 9.26 Å². The molecule has 13 heavy (non-hydrogen) atoms. The Morgan fingerprint density at radius 1 is 1.46 bits per heavy atom. The maximum Gasteiger partial charge on any atom is 0.258 e. The lowest BCUT2D eigenvalue weighted by Gasteiger charge is -1.99. The summed E-state index contributed by atoms with van der Waals surface area (Å²) in [6.07, 6.45) is 2.36. The van der Waals surface area contributed by atoms with Crippen molar-refractivity contribution in [3.8, 4) is 17.2 Å². The van der Waals surface area contributed by atoms with E-state index in [1.54, 1.807) is 7.11 Å². The average Bonchev–Trinajstić information content (AvgIpc) is 2.71. The molecule has 0 aliphatic carbocycles. The molecule has 0 amide bonds. The number of nitrogens with zero attached hydrogens (tertiary/aromatic N) is 2. The highest BCUT2D eigenvalue weighted by Gasteiger charge is 2.03. The summed E-state index contributed by atoms with van der Waals surface area (Å²) in [7, 11) is 1.61. The van der Waals surface area contributed by atoms with Crippen molar-refractivity contribution in [3.63, 3.8) is 0 Å². The van der Waals surface area contributed by atoms with Crippen LogP contribution in [0.3, 0.4) is 0 Å². The molecule has 1 aromatic carbocycles. The van der Waals surface area contributed by atoms with Gasteiger partial charge in [0.05, 0.1) is 7.11 Å². The van der Waals surface area contributed by atoms with Crippen molar-refractivity contribution in [1.29, 1.82) is 0 Å². The van der Waals surface area contributed by atoms with Gasteiger partial charge in [0, 0.05) is 5.56 Å². The van der Waals surface area contributed by atoms with Crippen LogP contribution in [0.4, 0.5) is 0 Å². The molecule has 2 rings (SSSR count). The second-order valence-corrected chi connectivity index (χ2v) is 2.43. The molecule has 1 aromatic heterocycles. The molecule has 2 aromatic rings. The molecular formula is C9H7N2O2. The van der Waals surface area contributed by atoms with Crippen LogP contribution in [-0.2, 0) is 0 Å². The molecule has 0 bridgehead atoms. The molecule has 1 heterocycles. The predicted octanol–water partition coefficient (Wildman–Crippen LogP) is 1.55. The van der Waals surface area contributed by atoms with Crippen LogP contribution in [0.5, 0.6) is 5.75 Å². The van der Waals surface area contributed by atoms with E-state index in [9.17, 15) is 0 Å². The van der Waals surface area contributed by atoms with E-state index in [1.165, 1.54) is 0 Å². The molecule has 0 aliphatic heterocycles. The van der Waals surface area contributed by atoms with E-state index in [4.69, 9.17) is 9.26 Å². The zero-order valence-electron chi connectivity index (χ0n) is 7.02. The maximum atomic E-state index is 5.05. The van der Waals surface area contributed by atoms with Crippen LogP contribution < -0.4 is 4.74 Å². The normalized spacial score (nSPS) is 9.92. The smallest absolute Gasteiger partial charge is 0.258 e. The molecule has 65 valence electrons. The minimum atomic E-state index is 0.443. The third-order valence-electron chi connectivity index (χ3n) is 1.64. The number of ether oxygens (including phenoxy) is 1. The summed E-state index contributed by atoms with van der Waals surface area (Å²) in [4.78, 5) is 3.80. The van der Waals surface area contributed by atoms with Gasteiger partial charge in [-0.3, -0.25) is 0 Å². The molecular weight excluding hydrogens is 168 g/mol. The zero-order valence-corrected chi connectivity index (χ0v) is 7.02. The SMILES string of the molecule is COc1cccc(-c2n[c]no2)c1. The maximum absolute atomic E-state index is 5.05. The Balaban J connectivity index is 2.41. The lowest BCUT2D eigenvalue weighted by Crippen LogP contribution is -1.83. The quantitative estimate of drug-likeness (QED) is 0.694. The van der Waals surface area contributed by atoms with Gasteiger partial charge in [-0.2, -0.15) is 4.98 Å². The van der Waals surface area contributed by atoms with Gasteiger partial charge in [0.25, 0.3) is 5.89 Å². The number of hydrogen-bond donors (Lipinski definition) is 0. The molecule has 0 unspecified atom stereocenters. The van der Waals surface area contributed by atoms with Crippen molar-refractivity contribution in [2.45, 2.75) is 0 Å². The fraction of sp³-hybridized carbons (Fsp3) is 0.111. The molecule has 4 heteroatoms. The van der Waals surface area contributed by atoms with Gasteiger partial charge in [0.15, 0.2) is 0 Å². The van der Waals surface area contributed by atoms with Gasteiger partial charge in [0.2, 0.25) is 6.33 Å². The van der Waals surface area contributed by atoms with Gasteiger partial charge in [-0.05, 0) is 18.2 Å². The van der Waals surface area contributed by atoms with Crippen LogP contribution in [0, 0.1) is 6.33 Å². The summed E-state index contributed by atoms with van der Waals surface area (Å²) in [5, 5.41) is 3.40. The predicted molar refractivity (Wildman–Crippen MR) is 45.1 cm³/mol.